The fourth-order valence-corrected chi connectivity index (χ4v) is 13.3. The minimum absolute atomic E-state index is 0.0470. The predicted molar refractivity (Wildman–Crippen MR) is 387 cm³/mol. The van der Waals surface area contributed by atoms with Gasteiger partial charge in [-0.05, 0) is 125 Å². The van der Waals surface area contributed by atoms with Gasteiger partial charge in [0, 0.05) is 47.8 Å². The number of aliphatic hydroxyl groups is 1. The lowest BCUT2D eigenvalue weighted by molar-refractivity contribution is -0.132. The molecule has 4 aliphatic rings. The smallest absolute Gasteiger partial charge is 0.407 e. The molecule has 3 aromatic heterocycles. The van der Waals surface area contributed by atoms with Gasteiger partial charge < -0.3 is 95.8 Å². The minimum Gasteiger partial charge on any atom is -0.490 e. The number of pyridine rings is 2. The van der Waals surface area contributed by atoms with E-state index in [1.807, 2.05) is 4.68 Å². The monoisotopic (exact) mass is 1490 g/mol. The van der Waals surface area contributed by atoms with Crippen molar-refractivity contribution in [3.63, 3.8) is 0 Å². The van der Waals surface area contributed by atoms with Crippen LogP contribution in [0.15, 0.2) is 53.5 Å². The number of rotatable bonds is 38. The number of fused-ring (bicyclic) bond motifs is 6. The van der Waals surface area contributed by atoms with Crippen LogP contribution in [-0.4, -0.2) is 182 Å². The van der Waals surface area contributed by atoms with Crippen LogP contribution in [0.3, 0.4) is 0 Å². The van der Waals surface area contributed by atoms with Gasteiger partial charge in [0.2, 0.25) is 35.4 Å². The first-order chi connectivity index (χ1) is 51.3. The van der Waals surface area contributed by atoms with Crippen molar-refractivity contribution in [1.29, 1.82) is 0 Å². The summed E-state index contributed by atoms with van der Waals surface area (Å²) in [6.07, 6.45) is 4.87. The van der Waals surface area contributed by atoms with E-state index in [9.17, 15) is 48.3 Å². The lowest BCUT2D eigenvalue weighted by atomic mass is 9.81. The summed E-state index contributed by atoms with van der Waals surface area (Å²) >= 11 is 0. The Hall–Kier alpha value is -9.51. The number of hydrogen-bond donors (Lipinski definition) is 10. The molecule has 0 bridgehead atoms. The first-order valence-corrected chi connectivity index (χ1v) is 36.4. The average Bonchev–Trinajstić information content (AvgIpc) is 1.59. The van der Waals surface area contributed by atoms with Crippen LogP contribution < -0.4 is 53.8 Å². The van der Waals surface area contributed by atoms with E-state index in [1.165, 1.54) is 6.07 Å². The third-order valence-corrected chi connectivity index (χ3v) is 19.0. The van der Waals surface area contributed by atoms with Crippen LogP contribution >= 0.6 is 0 Å². The maximum Gasteiger partial charge on any atom is 0.407 e. The number of halogens is 1. The maximum atomic E-state index is 15.4. The number of aryl methyl sites for hydroxylation is 2. The van der Waals surface area contributed by atoms with Crippen LogP contribution in [0.5, 0.6) is 0 Å². The summed E-state index contributed by atoms with van der Waals surface area (Å²) in [5, 5.41) is 42.6. The third kappa shape index (κ3) is 21.6. The molecule has 107 heavy (non-hydrogen) atoms. The van der Waals surface area contributed by atoms with Crippen LogP contribution in [0.25, 0.3) is 22.3 Å². The number of amides is 9. The topological polar surface area (TPSA) is 418 Å². The number of aromatic nitrogens is 5. The number of urea groups is 1. The Balaban J connectivity index is 0.626. The molecule has 2 aliphatic carbocycles. The van der Waals surface area contributed by atoms with Crippen LogP contribution in [-0.2, 0) is 110 Å². The molecule has 0 saturated heterocycles. The van der Waals surface area contributed by atoms with Crippen molar-refractivity contribution < 1.29 is 85.7 Å². The zero-order valence-corrected chi connectivity index (χ0v) is 61.9. The van der Waals surface area contributed by atoms with Gasteiger partial charge in [0.15, 0.2) is 0 Å². The number of nitrogens with two attached hydrogens (primary N) is 1. The summed E-state index contributed by atoms with van der Waals surface area (Å²) < 4.78 is 63.8. The largest absolute Gasteiger partial charge is 0.490 e. The molecule has 0 fully saturated rings. The van der Waals surface area contributed by atoms with Crippen molar-refractivity contribution in [3.8, 4) is 11.4 Å². The number of carbonyl (C=O) groups excluding carboxylic acids is 8. The summed E-state index contributed by atoms with van der Waals surface area (Å²) in [5.74, 6) is -3.77. The molecular formula is C74H101FN14O18. The van der Waals surface area contributed by atoms with Gasteiger partial charge in [0.1, 0.15) is 75.1 Å². The Morgan fingerprint density at radius 1 is 0.804 bits per heavy atom. The van der Waals surface area contributed by atoms with Gasteiger partial charge in [-0.15, -0.1) is 5.10 Å². The number of nitrogens with zero attached hydrogens (tertiary/aromatic N) is 5. The van der Waals surface area contributed by atoms with Crippen molar-refractivity contribution in [2.75, 3.05) is 97.8 Å². The van der Waals surface area contributed by atoms with E-state index >= 15 is 4.39 Å². The molecule has 5 atom stereocenters. The Labute approximate surface area is 619 Å². The molecule has 0 saturated carbocycles. The quantitative estimate of drug-likeness (QED) is 0.0189. The average molecular weight is 1490 g/mol. The summed E-state index contributed by atoms with van der Waals surface area (Å²) in [6.45, 7) is 17.9. The standard InChI is InChI=1S/C74H101FN14O18/c1-9-74(99)45(5)105-39-50-51(74)34-57-66-49(37-88(57)70(50)96)64-53(22-21-48-44(4)52(75)35-56(83-66)63(48)64)82-62(93)40-104-42-80-60(91)36-79-72(98)107-38-46-17-19-47(20-18-46)81-68(94)55(15-13-24-78-71(76)97)84-69(95)65(43(2)3)85-59(90)23-26-100-28-30-102-32-33-103-31-29-101-27-25-77-61(92)41-106-58-16-12-10-11-14-54-67(58)89(87-86-54)73(6,7)8/h17-20,34-35,43,53,55,58,65,99H,5,9-16,21-33,36-42H2,1-4,6-8H3,(H,77,92)(H,79,98)(H,80,91)(H,81,94)(H,82,93)(H,84,95)(H,85,90)(H3,76,78,97)/t53-,55-,58?,65-,74+/m0/s1. The molecule has 5 heterocycles. The Morgan fingerprint density at radius 3 is 2.22 bits per heavy atom. The van der Waals surface area contributed by atoms with E-state index < -0.39 is 84.4 Å². The molecule has 32 nitrogen and oxygen atoms in total. The van der Waals surface area contributed by atoms with E-state index in [0.29, 0.717) is 114 Å². The minimum atomic E-state index is -1.61. The summed E-state index contributed by atoms with van der Waals surface area (Å²) in [5.41, 5.74) is 10.2. The lowest BCUT2D eigenvalue weighted by Crippen LogP contribution is -2.54. The maximum absolute atomic E-state index is 15.4. The zero-order valence-electron chi connectivity index (χ0n) is 61.9. The molecule has 33 heteroatoms. The number of carbonyl (C=O) groups is 8. The fraction of sp³-hybridized carbons (Fsp3) is 0.568. The fourth-order valence-electron chi connectivity index (χ4n) is 13.3. The van der Waals surface area contributed by atoms with E-state index in [1.54, 1.807) is 62.6 Å². The molecule has 2 aromatic carbocycles. The van der Waals surface area contributed by atoms with E-state index in [0.717, 1.165) is 49.1 Å². The van der Waals surface area contributed by atoms with Crippen LogP contribution in [0.2, 0.25) is 0 Å². The van der Waals surface area contributed by atoms with Gasteiger partial charge in [-0.3, -0.25) is 33.6 Å². The molecule has 582 valence electrons. The first-order valence-electron chi connectivity index (χ1n) is 36.4. The highest BCUT2D eigenvalue weighted by Crippen LogP contribution is 2.47. The number of hydrogen-bond acceptors (Lipinski definition) is 21. The number of alkyl carbamates (subject to hydrolysis) is 1. The normalized spacial score (nSPS) is 17.0. The second kappa shape index (κ2) is 38.3. The van der Waals surface area contributed by atoms with Crippen LogP contribution in [0.1, 0.15) is 162 Å². The van der Waals surface area contributed by atoms with E-state index in [2.05, 4.69) is 80.2 Å². The molecule has 2 aliphatic heterocycles. The van der Waals surface area contributed by atoms with E-state index in [-0.39, 0.29) is 120 Å². The number of ether oxygens (including phenoxy) is 8. The van der Waals surface area contributed by atoms with Crippen LogP contribution in [0.4, 0.5) is 19.7 Å². The molecule has 9 rings (SSSR count). The highest BCUT2D eigenvalue weighted by Gasteiger charge is 2.43. The van der Waals surface area contributed by atoms with Crippen molar-refractivity contribution in [2.45, 2.75) is 174 Å². The second-order valence-electron chi connectivity index (χ2n) is 28.1. The molecule has 11 N–H and O–H groups in total. The van der Waals surface area contributed by atoms with Gasteiger partial charge in [-0.1, -0.05) is 57.5 Å². The highest BCUT2D eigenvalue weighted by atomic mass is 19.1. The number of anilines is 1. The van der Waals surface area contributed by atoms with Gasteiger partial charge in [0.05, 0.1) is 105 Å². The first kappa shape index (κ1) is 81.6. The van der Waals surface area contributed by atoms with Crippen molar-refractivity contribution in [1.82, 2.24) is 61.8 Å². The predicted octanol–water partition coefficient (Wildman–Crippen LogP) is 4.44. The molecule has 0 radical (unpaired) electrons. The number of benzene rings is 2. The van der Waals surface area contributed by atoms with Gasteiger partial charge >= 0.3 is 12.1 Å². The Morgan fingerprint density at radius 2 is 1.52 bits per heavy atom. The summed E-state index contributed by atoms with van der Waals surface area (Å²) in [6, 6.07) is 5.85. The van der Waals surface area contributed by atoms with Crippen molar-refractivity contribution >= 4 is 64.2 Å². The SMILES string of the molecule is C=C1OCc2c(cc3n(c2=O)Cc2c-3nc3cc(F)c(C)c4c3c2[C@@H](NC(=O)COCNC(=O)CNC(=O)OCc2ccc(NC(=O)[C@H](CCCNC(N)=O)NC(=O)[C@@H](NC(=O)CCOCCOCCOCCOCCNC(=O)COC3CCCCCc5nnn(C(C)(C)C)c53)C(C)C)cc2)CC4)[C@@]1(O)CC. The summed E-state index contributed by atoms with van der Waals surface area (Å²) in [4.78, 5) is 122. The molecular weight excluding hydrogens is 1390 g/mol. The lowest BCUT2D eigenvalue weighted by Gasteiger charge is -2.35. The Bertz CT molecular complexity index is 4090. The van der Waals surface area contributed by atoms with Crippen molar-refractivity contribution in [3.05, 3.63) is 115 Å². The van der Waals surface area contributed by atoms with Gasteiger partial charge in [-0.2, -0.15) is 0 Å². The molecule has 5 aromatic rings. The van der Waals surface area contributed by atoms with Gasteiger partial charge in [-0.25, -0.2) is 23.6 Å². The summed E-state index contributed by atoms with van der Waals surface area (Å²) in [7, 11) is 0. The van der Waals surface area contributed by atoms with Gasteiger partial charge in [0.25, 0.3) is 5.56 Å². The highest BCUT2D eigenvalue weighted by molar-refractivity contribution is 5.99. The number of nitrogens with one attached hydrogen (secondary N) is 8. The Kier molecular flexibility index (Phi) is 29.2. The van der Waals surface area contributed by atoms with Crippen LogP contribution in [0, 0.1) is 18.7 Å². The number of primary amides is 1. The molecule has 0 spiro atoms. The van der Waals surface area contributed by atoms with E-state index in [4.69, 9.17) is 48.6 Å². The second-order valence-corrected chi connectivity index (χ2v) is 28.1. The molecule has 9 amide bonds. The molecule has 1 unspecified atom stereocenters. The third-order valence-electron chi connectivity index (χ3n) is 19.0. The van der Waals surface area contributed by atoms with Crippen molar-refractivity contribution in [2.24, 2.45) is 11.7 Å². The zero-order chi connectivity index (χ0) is 77.0.